The normalized spacial score (nSPS) is 16.0. The van der Waals surface area contributed by atoms with Gasteiger partial charge in [-0.1, -0.05) is 12.1 Å². The van der Waals surface area contributed by atoms with Gasteiger partial charge in [0, 0.05) is 11.5 Å². The lowest BCUT2D eigenvalue weighted by Gasteiger charge is -2.28. The van der Waals surface area contributed by atoms with Gasteiger partial charge in [-0.3, -0.25) is 9.36 Å². The van der Waals surface area contributed by atoms with E-state index in [4.69, 9.17) is 4.74 Å². The number of rotatable bonds is 2. The third-order valence-corrected chi connectivity index (χ3v) is 4.57. The monoisotopic (exact) mass is 341 g/mol. The van der Waals surface area contributed by atoms with Gasteiger partial charge < -0.3 is 14.9 Å². The number of phenols is 1. The predicted molar refractivity (Wildman–Crippen MR) is 91.4 cm³/mol. The maximum absolute atomic E-state index is 14.9. The Hall–Kier alpha value is -2.86. The van der Waals surface area contributed by atoms with Crippen molar-refractivity contribution in [3.63, 3.8) is 0 Å². The first-order valence-electron chi connectivity index (χ1n) is 7.95. The van der Waals surface area contributed by atoms with E-state index in [9.17, 15) is 19.4 Å². The van der Waals surface area contributed by atoms with Crippen molar-refractivity contribution in [1.82, 2.24) is 4.57 Å². The van der Waals surface area contributed by atoms with E-state index in [1.54, 1.807) is 16.7 Å². The first-order chi connectivity index (χ1) is 12.0. The quantitative estimate of drug-likeness (QED) is 0.752. The van der Waals surface area contributed by atoms with E-state index in [1.807, 2.05) is 6.92 Å². The molecule has 128 valence electrons. The van der Waals surface area contributed by atoms with Crippen molar-refractivity contribution in [1.29, 1.82) is 0 Å². The van der Waals surface area contributed by atoms with E-state index in [2.05, 4.69) is 0 Å². The molecule has 0 radical (unpaired) electrons. The van der Waals surface area contributed by atoms with Crippen LogP contribution in [0.3, 0.4) is 0 Å². The number of aromatic nitrogens is 1. The standard InChI is InChI=1S/C19H16FNO4/c1-10-9-25-19-17(11-2-4-13(23)5-3-11)15(20)7-14-12(8-22)6-16(24)21(10)18(14)19/h2-7,10,22-23H,8-9H2,1H3. The third kappa shape index (κ3) is 2.29. The van der Waals surface area contributed by atoms with E-state index >= 15 is 0 Å². The first-order valence-corrected chi connectivity index (χ1v) is 7.95. The van der Waals surface area contributed by atoms with Crippen LogP contribution in [0, 0.1) is 5.82 Å². The van der Waals surface area contributed by atoms with Crippen molar-refractivity contribution in [2.75, 3.05) is 6.61 Å². The van der Waals surface area contributed by atoms with Crippen LogP contribution in [0.4, 0.5) is 4.39 Å². The van der Waals surface area contributed by atoms with Crippen molar-refractivity contribution in [3.8, 4) is 22.6 Å². The summed E-state index contributed by atoms with van der Waals surface area (Å²) in [5.74, 6) is -0.151. The Morgan fingerprint density at radius 2 is 2.00 bits per heavy atom. The summed E-state index contributed by atoms with van der Waals surface area (Å²) in [5.41, 5.74) is 1.38. The molecule has 3 aromatic rings. The molecule has 1 aliphatic heterocycles. The maximum atomic E-state index is 14.9. The van der Waals surface area contributed by atoms with Crippen LogP contribution in [0.5, 0.6) is 11.5 Å². The molecule has 1 unspecified atom stereocenters. The van der Waals surface area contributed by atoms with Gasteiger partial charge in [-0.25, -0.2) is 4.39 Å². The molecular weight excluding hydrogens is 325 g/mol. The van der Waals surface area contributed by atoms with Gasteiger partial charge in [0.05, 0.1) is 23.7 Å². The highest BCUT2D eigenvalue weighted by atomic mass is 19.1. The Balaban J connectivity index is 2.16. The molecule has 2 N–H and O–H groups in total. The van der Waals surface area contributed by atoms with Crippen LogP contribution in [0.2, 0.25) is 0 Å². The number of ether oxygens (including phenoxy) is 1. The van der Waals surface area contributed by atoms with Crippen LogP contribution in [-0.2, 0) is 6.61 Å². The zero-order chi connectivity index (χ0) is 17.7. The molecule has 0 fully saturated rings. The molecule has 4 rings (SSSR count). The van der Waals surface area contributed by atoms with E-state index in [1.165, 1.54) is 24.3 Å². The fraction of sp³-hybridized carbons (Fsp3) is 0.211. The molecule has 1 aromatic heterocycles. The SMILES string of the molecule is CC1COc2c(-c3ccc(O)cc3)c(F)cc3c(CO)cc(=O)n1c23. The van der Waals surface area contributed by atoms with Crippen molar-refractivity contribution in [3.05, 3.63) is 58.1 Å². The second-order valence-electron chi connectivity index (χ2n) is 6.20. The summed E-state index contributed by atoms with van der Waals surface area (Å²) in [6, 6.07) is 8.58. The lowest BCUT2D eigenvalue weighted by atomic mass is 9.97. The Labute approximate surface area is 142 Å². The molecule has 1 aliphatic rings. The van der Waals surface area contributed by atoms with Gasteiger partial charge >= 0.3 is 0 Å². The summed E-state index contributed by atoms with van der Waals surface area (Å²) in [7, 11) is 0. The number of pyridine rings is 1. The summed E-state index contributed by atoms with van der Waals surface area (Å²) in [4.78, 5) is 12.5. The molecule has 2 aromatic carbocycles. The average Bonchev–Trinajstić information content (AvgIpc) is 2.60. The Kier molecular flexibility index (Phi) is 3.51. The summed E-state index contributed by atoms with van der Waals surface area (Å²) in [6.45, 7) is 1.74. The van der Waals surface area contributed by atoms with Crippen LogP contribution < -0.4 is 10.3 Å². The number of aliphatic hydroxyl groups is 1. The van der Waals surface area contributed by atoms with E-state index in [-0.39, 0.29) is 41.9 Å². The highest BCUT2D eigenvalue weighted by Gasteiger charge is 2.27. The summed E-state index contributed by atoms with van der Waals surface area (Å²) in [6.07, 6.45) is 0. The van der Waals surface area contributed by atoms with Crippen molar-refractivity contribution < 1.29 is 19.3 Å². The Bertz CT molecular complexity index is 1040. The number of halogens is 1. The molecule has 0 saturated carbocycles. The minimum absolute atomic E-state index is 0.0765. The summed E-state index contributed by atoms with van der Waals surface area (Å²) >= 11 is 0. The van der Waals surface area contributed by atoms with Crippen LogP contribution in [0.15, 0.2) is 41.2 Å². The topological polar surface area (TPSA) is 71.7 Å². The van der Waals surface area contributed by atoms with Crippen LogP contribution in [0.25, 0.3) is 22.0 Å². The molecule has 0 amide bonds. The van der Waals surface area contributed by atoms with Gasteiger partial charge in [-0.2, -0.15) is 0 Å². The fourth-order valence-electron chi connectivity index (χ4n) is 3.39. The van der Waals surface area contributed by atoms with Crippen LogP contribution in [0.1, 0.15) is 18.5 Å². The number of nitrogens with zero attached hydrogens (tertiary/aromatic N) is 1. The zero-order valence-corrected chi connectivity index (χ0v) is 13.5. The minimum atomic E-state index is -0.511. The Morgan fingerprint density at radius 3 is 2.68 bits per heavy atom. The molecular formula is C19H16FNO4. The zero-order valence-electron chi connectivity index (χ0n) is 13.5. The molecule has 0 bridgehead atoms. The van der Waals surface area contributed by atoms with Gasteiger partial charge in [0.1, 0.15) is 18.2 Å². The number of benzene rings is 2. The molecule has 6 heteroatoms. The van der Waals surface area contributed by atoms with Gasteiger partial charge in [0.15, 0.2) is 5.75 Å². The fourth-order valence-corrected chi connectivity index (χ4v) is 3.39. The molecule has 5 nitrogen and oxygen atoms in total. The second kappa shape index (κ2) is 5.60. The largest absolute Gasteiger partial charge is 0.508 e. The van der Waals surface area contributed by atoms with E-state index in [0.29, 0.717) is 22.0 Å². The van der Waals surface area contributed by atoms with Crippen LogP contribution in [-0.4, -0.2) is 21.4 Å². The highest BCUT2D eigenvalue weighted by molar-refractivity contribution is 5.95. The summed E-state index contributed by atoms with van der Waals surface area (Å²) in [5, 5.41) is 19.5. The Morgan fingerprint density at radius 1 is 1.28 bits per heavy atom. The van der Waals surface area contributed by atoms with Crippen molar-refractivity contribution >= 4 is 10.9 Å². The average molecular weight is 341 g/mol. The van der Waals surface area contributed by atoms with Crippen molar-refractivity contribution in [2.45, 2.75) is 19.6 Å². The summed E-state index contributed by atoms with van der Waals surface area (Å²) < 4.78 is 22.3. The predicted octanol–water partition coefficient (Wildman–Crippen LogP) is 2.96. The smallest absolute Gasteiger partial charge is 0.251 e. The maximum Gasteiger partial charge on any atom is 0.251 e. The number of hydrogen-bond acceptors (Lipinski definition) is 4. The molecule has 25 heavy (non-hydrogen) atoms. The van der Waals surface area contributed by atoms with Crippen LogP contribution >= 0.6 is 0 Å². The van der Waals surface area contributed by atoms with Gasteiger partial charge in [-0.05, 0) is 36.2 Å². The van der Waals surface area contributed by atoms with Gasteiger partial charge in [-0.15, -0.1) is 0 Å². The molecule has 0 spiro atoms. The molecule has 2 heterocycles. The number of aliphatic hydroxyl groups excluding tert-OH is 1. The van der Waals surface area contributed by atoms with Gasteiger partial charge in [0.25, 0.3) is 5.56 Å². The number of aromatic hydroxyl groups is 1. The number of hydrogen-bond donors (Lipinski definition) is 2. The lowest BCUT2D eigenvalue weighted by molar-refractivity contribution is 0.244. The highest BCUT2D eigenvalue weighted by Crippen LogP contribution is 2.42. The van der Waals surface area contributed by atoms with E-state index < -0.39 is 5.82 Å². The minimum Gasteiger partial charge on any atom is -0.508 e. The molecule has 0 saturated heterocycles. The van der Waals surface area contributed by atoms with E-state index in [0.717, 1.165) is 0 Å². The van der Waals surface area contributed by atoms with Crippen molar-refractivity contribution in [2.24, 2.45) is 0 Å². The number of phenolic OH excluding ortho intramolecular Hbond substituents is 1. The second-order valence-corrected chi connectivity index (χ2v) is 6.20. The van der Waals surface area contributed by atoms with Gasteiger partial charge in [0.2, 0.25) is 0 Å². The lowest BCUT2D eigenvalue weighted by Crippen LogP contribution is -2.31. The molecule has 1 atom stereocenters. The third-order valence-electron chi connectivity index (χ3n) is 4.57. The first kappa shape index (κ1) is 15.7. The molecule has 0 aliphatic carbocycles.